The van der Waals surface area contributed by atoms with Gasteiger partial charge in [0, 0.05) is 6.21 Å². The van der Waals surface area contributed by atoms with Crippen LogP contribution in [0.2, 0.25) is 0 Å². The first-order valence-electron chi connectivity index (χ1n) is 3.43. The lowest BCUT2D eigenvalue weighted by atomic mass is 10.8. The van der Waals surface area contributed by atoms with Gasteiger partial charge in [0.25, 0.3) is 0 Å². The van der Waals surface area contributed by atoms with Crippen LogP contribution in [0, 0.1) is 0 Å². The highest BCUT2D eigenvalue weighted by Gasteiger charge is 2.16. The minimum atomic E-state index is -3.18. The molecule has 0 spiro atoms. The summed E-state index contributed by atoms with van der Waals surface area (Å²) in [5.41, 5.74) is 2.46. The Morgan fingerprint density at radius 2 is 2.50 bits per heavy atom. The molecule has 0 radical (unpaired) electrons. The number of aliphatic imine (C=N–C) groups is 1. The number of hydrogen-bond donors (Lipinski definition) is 2. The molecule has 68 valence electrons. The Kier molecular flexibility index (Phi) is 2.64. The lowest BCUT2D eigenvalue weighted by Crippen LogP contribution is -2.43. The Bertz CT molecular complexity index is 305. The Morgan fingerprint density at radius 1 is 1.75 bits per heavy atom. The highest BCUT2D eigenvalue weighted by molar-refractivity contribution is 7.90. The van der Waals surface area contributed by atoms with Gasteiger partial charge in [0.15, 0.2) is 0 Å². The highest BCUT2D eigenvalue weighted by Crippen LogP contribution is 1.91. The van der Waals surface area contributed by atoms with E-state index >= 15 is 0 Å². The van der Waals surface area contributed by atoms with Crippen LogP contribution < -0.4 is 10.1 Å². The van der Waals surface area contributed by atoms with Crippen molar-refractivity contribution in [3.05, 3.63) is 0 Å². The molecule has 0 fully saturated rings. The molecule has 0 aliphatic carbocycles. The molecule has 0 saturated carbocycles. The van der Waals surface area contributed by atoms with Crippen LogP contribution in [0.5, 0.6) is 0 Å². The second-order valence-electron chi connectivity index (χ2n) is 2.15. The van der Waals surface area contributed by atoms with Crippen molar-refractivity contribution in [2.75, 3.05) is 12.3 Å². The molecule has 12 heavy (non-hydrogen) atoms. The van der Waals surface area contributed by atoms with E-state index in [1.165, 1.54) is 6.21 Å². The number of rotatable bonds is 1. The van der Waals surface area contributed by atoms with Crippen LogP contribution in [0.25, 0.3) is 0 Å². The van der Waals surface area contributed by atoms with E-state index in [0.717, 1.165) is 0 Å². The third-order valence-electron chi connectivity index (χ3n) is 1.18. The van der Waals surface area contributed by atoms with Gasteiger partial charge in [-0.2, -0.15) is 5.10 Å². The average Bonchev–Trinajstić information content (AvgIpc) is 1.99. The van der Waals surface area contributed by atoms with Crippen molar-refractivity contribution in [1.29, 1.82) is 0 Å². The summed E-state index contributed by atoms with van der Waals surface area (Å²) >= 11 is 0. The van der Waals surface area contributed by atoms with Crippen molar-refractivity contribution in [2.45, 2.75) is 6.92 Å². The minimum Gasteiger partial charge on any atom is -0.252 e. The second kappa shape index (κ2) is 3.53. The normalized spacial score (nSPS) is 21.6. The van der Waals surface area contributed by atoms with Crippen molar-refractivity contribution >= 4 is 22.2 Å². The standard InChI is InChI=1S/C5H10N4O2S/c1-2-7-8-5-6-3-4-12(10,11)9-5/h2H,3-4H2,1H3,(H2,6,8,9)/b7-2+. The molecule has 0 atom stereocenters. The first-order chi connectivity index (χ1) is 5.64. The molecule has 0 aromatic rings. The minimum absolute atomic E-state index is 0.0357. The maximum absolute atomic E-state index is 10.9. The van der Waals surface area contributed by atoms with Gasteiger partial charge in [-0.05, 0) is 6.92 Å². The Morgan fingerprint density at radius 3 is 3.08 bits per heavy atom. The van der Waals surface area contributed by atoms with Crippen LogP contribution in [0.4, 0.5) is 0 Å². The van der Waals surface area contributed by atoms with E-state index in [9.17, 15) is 8.42 Å². The van der Waals surface area contributed by atoms with E-state index < -0.39 is 10.0 Å². The zero-order valence-corrected chi connectivity index (χ0v) is 7.43. The van der Waals surface area contributed by atoms with Gasteiger partial charge in [0.05, 0.1) is 12.3 Å². The number of nitrogens with one attached hydrogen (secondary N) is 2. The molecule has 2 N–H and O–H groups in total. The largest absolute Gasteiger partial charge is 0.252 e. The van der Waals surface area contributed by atoms with E-state index in [0.29, 0.717) is 0 Å². The number of hydrazone groups is 1. The Labute approximate surface area is 70.8 Å². The summed E-state index contributed by atoms with van der Waals surface area (Å²) in [5, 5.41) is 3.63. The third-order valence-corrected chi connectivity index (χ3v) is 2.41. The van der Waals surface area contributed by atoms with Gasteiger partial charge in [-0.25, -0.2) is 18.8 Å². The third kappa shape index (κ3) is 2.50. The van der Waals surface area contributed by atoms with Crippen LogP contribution in [-0.4, -0.2) is 32.9 Å². The molecule has 0 bridgehead atoms. The van der Waals surface area contributed by atoms with Crippen molar-refractivity contribution in [1.82, 2.24) is 10.1 Å². The van der Waals surface area contributed by atoms with Gasteiger partial charge >= 0.3 is 0 Å². The summed E-state index contributed by atoms with van der Waals surface area (Å²) in [7, 11) is -3.18. The average molecular weight is 190 g/mol. The summed E-state index contributed by atoms with van der Waals surface area (Å²) in [6.45, 7) is 1.99. The molecule has 7 heteroatoms. The zero-order chi connectivity index (χ0) is 9.03. The second-order valence-corrected chi connectivity index (χ2v) is 3.99. The van der Waals surface area contributed by atoms with Gasteiger partial charge in [0.2, 0.25) is 16.0 Å². The maximum Gasteiger partial charge on any atom is 0.236 e. The molecular weight excluding hydrogens is 180 g/mol. The quantitative estimate of drug-likeness (QED) is 0.405. The van der Waals surface area contributed by atoms with Crippen LogP contribution in [-0.2, 0) is 10.0 Å². The summed E-state index contributed by atoms with van der Waals surface area (Å²) in [6, 6.07) is 0. The fourth-order valence-corrected chi connectivity index (χ4v) is 1.53. The van der Waals surface area contributed by atoms with E-state index in [-0.39, 0.29) is 18.3 Å². The summed E-state index contributed by atoms with van der Waals surface area (Å²) in [6.07, 6.45) is 1.51. The molecule has 1 aliphatic heterocycles. The molecule has 1 heterocycles. The first kappa shape index (κ1) is 8.98. The van der Waals surface area contributed by atoms with Gasteiger partial charge in [-0.1, -0.05) is 0 Å². The van der Waals surface area contributed by atoms with E-state index in [2.05, 4.69) is 20.2 Å². The van der Waals surface area contributed by atoms with Crippen LogP contribution in [0.1, 0.15) is 6.92 Å². The summed E-state index contributed by atoms with van der Waals surface area (Å²) in [5.74, 6) is 0.216. The fourth-order valence-electron chi connectivity index (χ4n) is 0.692. The van der Waals surface area contributed by atoms with Gasteiger partial charge in [0.1, 0.15) is 0 Å². The molecule has 0 amide bonds. The van der Waals surface area contributed by atoms with Crippen molar-refractivity contribution < 1.29 is 8.42 Å². The van der Waals surface area contributed by atoms with Crippen LogP contribution >= 0.6 is 0 Å². The van der Waals surface area contributed by atoms with Gasteiger partial charge in [-0.3, -0.25) is 4.72 Å². The predicted octanol–water partition coefficient (Wildman–Crippen LogP) is -1.13. The predicted molar refractivity (Wildman–Crippen MR) is 46.5 cm³/mol. The molecule has 0 saturated heterocycles. The SMILES string of the molecule is C/C=N/NC1=NCCS(=O)(=O)N1. The zero-order valence-electron chi connectivity index (χ0n) is 6.61. The summed E-state index contributed by atoms with van der Waals surface area (Å²) in [4.78, 5) is 3.86. The number of hydrogen-bond acceptors (Lipinski definition) is 5. The number of guanidine groups is 1. The number of sulfonamides is 1. The van der Waals surface area contributed by atoms with E-state index in [1.54, 1.807) is 6.92 Å². The molecule has 0 unspecified atom stereocenters. The molecule has 1 aliphatic rings. The topological polar surface area (TPSA) is 82.9 Å². The van der Waals surface area contributed by atoms with Crippen LogP contribution in [0.3, 0.4) is 0 Å². The van der Waals surface area contributed by atoms with Crippen LogP contribution in [0.15, 0.2) is 10.1 Å². The van der Waals surface area contributed by atoms with Crippen molar-refractivity contribution in [2.24, 2.45) is 10.1 Å². The monoisotopic (exact) mass is 190 g/mol. The summed E-state index contributed by atoms with van der Waals surface area (Å²) < 4.78 is 24.1. The fraction of sp³-hybridized carbons (Fsp3) is 0.600. The molecule has 0 aromatic carbocycles. The highest BCUT2D eigenvalue weighted by atomic mass is 32.2. The molecular formula is C5H10N4O2S. The van der Waals surface area contributed by atoms with E-state index in [4.69, 9.17) is 0 Å². The molecule has 0 aromatic heterocycles. The van der Waals surface area contributed by atoms with Crippen molar-refractivity contribution in [3.63, 3.8) is 0 Å². The molecule has 6 nitrogen and oxygen atoms in total. The first-order valence-corrected chi connectivity index (χ1v) is 5.08. The van der Waals surface area contributed by atoms with Crippen molar-refractivity contribution in [3.8, 4) is 0 Å². The van der Waals surface area contributed by atoms with E-state index in [1.807, 2.05) is 0 Å². The number of nitrogens with zero attached hydrogens (tertiary/aromatic N) is 2. The van der Waals surface area contributed by atoms with Gasteiger partial charge in [-0.15, -0.1) is 0 Å². The molecule has 1 rings (SSSR count). The lowest BCUT2D eigenvalue weighted by Gasteiger charge is -2.13. The Balaban J connectivity index is 2.62. The Hall–Kier alpha value is -1.11. The smallest absolute Gasteiger partial charge is 0.236 e. The lowest BCUT2D eigenvalue weighted by molar-refractivity contribution is 0.588. The maximum atomic E-state index is 10.9. The van der Waals surface area contributed by atoms with Gasteiger partial charge < -0.3 is 0 Å².